The average Bonchev–Trinajstić information content (AvgIpc) is 3.11. The number of aromatic nitrogens is 2. The molecule has 2 aromatic heterocycles. The van der Waals surface area contributed by atoms with Crippen LogP contribution in [0.3, 0.4) is 0 Å². The summed E-state index contributed by atoms with van der Waals surface area (Å²) < 4.78 is 0. The topological polar surface area (TPSA) is 54.9 Å². The van der Waals surface area contributed by atoms with Crippen molar-refractivity contribution in [1.29, 1.82) is 0 Å². The van der Waals surface area contributed by atoms with Crippen molar-refractivity contribution >= 4 is 33.7 Å². The van der Waals surface area contributed by atoms with Crippen LogP contribution in [0.2, 0.25) is 0 Å². The molecular weight excluding hydrogens is 314 g/mol. The van der Waals surface area contributed by atoms with Crippen LogP contribution in [0.25, 0.3) is 0 Å². The van der Waals surface area contributed by atoms with Gasteiger partial charge in [0.1, 0.15) is 5.01 Å². The number of rotatable bonds is 5. The number of aryl methyl sites for hydroxylation is 2. The van der Waals surface area contributed by atoms with Crippen LogP contribution in [0.15, 0.2) is 6.07 Å². The first kappa shape index (κ1) is 15.6. The van der Waals surface area contributed by atoms with Gasteiger partial charge in [-0.2, -0.15) is 0 Å². The molecule has 1 unspecified atom stereocenters. The third kappa shape index (κ3) is 3.55. The Bertz CT molecular complexity index is 662. The molecule has 22 heavy (non-hydrogen) atoms. The first-order chi connectivity index (χ1) is 10.7. The van der Waals surface area contributed by atoms with Crippen LogP contribution in [-0.4, -0.2) is 16.1 Å². The standard InChI is InChI=1S/C16H21N3OS2/c1-3-4-5-14-18-19-16(22-14)17-15(20)13-9-11-8-10(2)6-7-12(11)21-13/h9-10H,3-8H2,1-2H3,(H,17,19,20). The Labute approximate surface area is 139 Å². The van der Waals surface area contributed by atoms with Crippen LogP contribution in [0.1, 0.15) is 58.2 Å². The summed E-state index contributed by atoms with van der Waals surface area (Å²) in [5.74, 6) is 0.674. The summed E-state index contributed by atoms with van der Waals surface area (Å²) in [6.45, 7) is 4.43. The molecule has 0 radical (unpaired) electrons. The maximum Gasteiger partial charge on any atom is 0.267 e. The van der Waals surface area contributed by atoms with Crippen molar-refractivity contribution in [3.63, 3.8) is 0 Å². The molecule has 3 rings (SSSR count). The van der Waals surface area contributed by atoms with Crippen molar-refractivity contribution in [2.45, 2.75) is 52.4 Å². The highest BCUT2D eigenvalue weighted by molar-refractivity contribution is 7.16. The highest BCUT2D eigenvalue weighted by Gasteiger charge is 2.21. The number of unbranched alkanes of at least 4 members (excludes halogenated alkanes) is 1. The Hall–Kier alpha value is -1.27. The molecule has 2 heterocycles. The van der Waals surface area contributed by atoms with E-state index in [1.807, 2.05) is 0 Å². The zero-order valence-electron chi connectivity index (χ0n) is 13.0. The van der Waals surface area contributed by atoms with Gasteiger partial charge in [-0.1, -0.05) is 31.6 Å². The minimum atomic E-state index is -0.0507. The summed E-state index contributed by atoms with van der Waals surface area (Å²) in [5.41, 5.74) is 1.36. The molecule has 4 nitrogen and oxygen atoms in total. The van der Waals surface area contributed by atoms with Crippen LogP contribution in [0.5, 0.6) is 0 Å². The Morgan fingerprint density at radius 1 is 1.41 bits per heavy atom. The lowest BCUT2D eigenvalue weighted by molar-refractivity contribution is 0.103. The molecule has 118 valence electrons. The van der Waals surface area contributed by atoms with Crippen LogP contribution in [0, 0.1) is 5.92 Å². The van der Waals surface area contributed by atoms with Crippen molar-refractivity contribution in [1.82, 2.24) is 10.2 Å². The Morgan fingerprint density at radius 3 is 3.09 bits per heavy atom. The Balaban J connectivity index is 1.66. The number of carbonyl (C=O) groups excluding carboxylic acids is 1. The maximum absolute atomic E-state index is 12.4. The van der Waals surface area contributed by atoms with Crippen molar-refractivity contribution in [2.24, 2.45) is 5.92 Å². The SMILES string of the molecule is CCCCc1nnc(NC(=O)c2cc3c(s2)CCC(C)C3)s1. The number of nitrogens with one attached hydrogen (secondary N) is 1. The second kappa shape index (κ2) is 6.87. The average molecular weight is 335 g/mol. The molecule has 0 aromatic carbocycles. The van der Waals surface area contributed by atoms with Crippen LogP contribution in [-0.2, 0) is 19.3 Å². The van der Waals surface area contributed by atoms with E-state index in [1.54, 1.807) is 11.3 Å². The predicted molar refractivity (Wildman–Crippen MR) is 92.0 cm³/mol. The zero-order valence-corrected chi connectivity index (χ0v) is 14.6. The second-order valence-corrected chi connectivity index (χ2v) is 8.16. The maximum atomic E-state index is 12.4. The lowest BCUT2D eigenvalue weighted by Gasteiger charge is -2.16. The van der Waals surface area contributed by atoms with E-state index in [0.29, 0.717) is 5.13 Å². The van der Waals surface area contributed by atoms with Gasteiger partial charge in [-0.25, -0.2) is 0 Å². The fraction of sp³-hybridized carbons (Fsp3) is 0.562. The van der Waals surface area contributed by atoms with Gasteiger partial charge in [0, 0.05) is 11.3 Å². The molecule has 0 fully saturated rings. The van der Waals surface area contributed by atoms with E-state index in [9.17, 15) is 4.79 Å². The van der Waals surface area contributed by atoms with E-state index >= 15 is 0 Å². The number of anilines is 1. The van der Waals surface area contributed by atoms with Gasteiger partial charge in [0.15, 0.2) is 0 Å². The predicted octanol–water partition coefficient (Wildman–Crippen LogP) is 4.32. The lowest BCUT2D eigenvalue weighted by Crippen LogP contribution is -2.10. The third-order valence-corrected chi connectivity index (χ3v) is 6.12. The normalized spacial score (nSPS) is 17.3. The molecule has 1 atom stereocenters. The number of carbonyl (C=O) groups is 1. The Kier molecular flexibility index (Phi) is 4.88. The van der Waals surface area contributed by atoms with Gasteiger partial charge in [0.25, 0.3) is 5.91 Å². The van der Waals surface area contributed by atoms with E-state index in [4.69, 9.17) is 0 Å². The number of hydrogen-bond acceptors (Lipinski definition) is 5. The minimum absolute atomic E-state index is 0.0507. The molecule has 0 spiro atoms. The number of nitrogens with zero attached hydrogens (tertiary/aromatic N) is 2. The molecule has 0 saturated carbocycles. The van der Waals surface area contributed by atoms with E-state index < -0.39 is 0 Å². The number of fused-ring (bicyclic) bond motifs is 1. The fourth-order valence-electron chi connectivity index (χ4n) is 2.71. The van der Waals surface area contributed by atoms with Crippen molar-refractivity contribution in [3.8, 4) is 0 Å². The number of amides is 1. The van der Waals surface area contributed by atoms with Crippen LogP contribution < -0.4 is 5.32 Å². The lowest BCUT2D eigenvalue weighted by atomic mass is 9.90. The monoisotopic (exact) mass is 335 g/mol. The van der Waals surface area contributed by atoms with Crippen molar-refractivity contribution in [2.75, 3.05) is 5.32 Å². The van der Waals surface area contributed by atoms with Crippen LogP contribution >= 0.6 is 22.7 Å². The highest BCUT2D eigenvalue weighted by Crippen LogP contribution is 2.32. The van der Waals surface area contributed by atoms with E-state index in [-0.39, 0.29) is 5.91 Å². The van der Waals surface area contributed by atoms with Crippen LogP contribution in [0.4, 0.5) is 5.13 Å². The summed E-state index contributed by atoms with van der Waals surface area (Å²) in [7, 11) is 0. The van der Waals surface area contributed by atoms with Crippen molar-refractivity contribution < 1.29 is 4.79 Å². The molecule has 0 saturated heterocycles. The molecule has 1 N–H and O–H groups in total. The first-order valence-corrected chi connectivity index (χ1v) is 9.54. The summed E-state index contributed by atoms with van der Waals surface area (Å²) in [6, 6.07) is 2.06. The van der Waals surface area contributed by atoms with Gasteiger partial charge in [-0.05, 0) is 43.2 Å². The largest absolute Gasteiger partial charge is 0.296 e. The van der Waals surface area contributed by atoms with Gasteiger partial charge in [-0.3, -0.25) is 10.1 Å². The number of thiophene rings is 1. The first-order valence-electron chi connectivity index (χ1n) is 7.91. The van der Waals surface area contributed by atoms with Gasteiger partial charge < -0.3 is 0 Å². The van der Waals surface area contributed by atoms with Gasteiger partial charge in [-0.15, -0.1) is 21.5 Å². The third-order valence-electron chi connectivity index (χ3n) is 3.98. The smallest absolute Gasteiger partial charge is 0.267 e. The molecule has 6 heteroatoms. The highest BCUT2D eigenvalue weighted by atomic mass is 32.1. The molecule has 1 aliphatic rings. The molecule has 0 aliphatic heterocycles. The zero-order chi connectivity index (χ0) is 15.5. The second-order valence-electron chi connectivity index (χ2n) is 5.97. The number of hydrogen-bond donors (Lipinski definition) is 1. The van der Waals surface area contributed by atoms with Gasteiger partial charge in [0.05, 0.1) is 4.88 Å². The van der Waals surface area contributed by atoms with Gasteiger partial charge in [0.2, 0.25) is 5.13 Å². The minimum Gasteiger partial charge on any atom is -0.296 e. The van der Waals surface area contributed by atoms with Crippen molar-refractivity contribution in [3.05, 3.63) is 26.4 Å². The van der Waals surface area contributed by atoms with E-state index in [0.717, 1.165) is 47.9 Å². The summed E-state index contributed by atoms with van der Waals surface area (Å²) in [6.07, 6.45) is 6.62. The molecule has 0 bridgehead atoms. The molecule has 1 amide bonds. The van der Waals surface area contributed by atoms with E-state index in [1.165, 1.54) is 28.2 Å². The quantitative estimate of drug-likeness (QED) is 0.885. The molecule has 2 aromatic rings. The molecular formula is C16H21N3OS2. The Morgan fingerprint density at radius 2 is 2.27 bits per heavy atom. The summed E-state index contributed by atoms with van der Waals surface area (Å²) >= 11 is 3.11. The fourth-order valence-corrected chi connectivity index (χ4v) is 4.59. The summed E-state index contributed by atoms with van der Waals surface area (Å²) in [5, 5.41) is 12.7. The molecule has 1 aliphatic carbocycles. The van der Waals surface area contributed by atoms with Gasteiger partial charge >= 0.3 is 0 Å². The summed E-state index contributed by atoms with van der Waals surface area (Å²) in [4.78, 5) is 14.5. The van der Waals surface area contributed by atoms with E-state index in [2.05, 4.69) is 35.4 Å².